The Bertz CT molecular complexity index is 612. The van der Waals surface area contributed by atoms with Crippen LogP contribution in [0.2, 0.25) is 0 Å². The maximum absolute atomic E-state index is 13.9. The molecule has 0 saturated heterocycles. The number of thioether (sulfide) groups is 1. The Morgan fingerprint density at radius 1 is 1.44 bits per heavy atom. The number of carboxylic acid groups (broad SMARTS) is 1. The predicted octanol–water partition coefficient (Wildman–Crippen LogP) is 3.04. The van der Waals surface area contributed by atoms with E-state index in [9.17, 15) is 13.6 Å². The number of hydrogen-bond donors (Lipinski definition) is 1. The van der Waals surface area contributed by atoms with E-state index in [4.69, 9.17) is 9.63 Å². The van der Waals surface area contributed by atoms with Crippen LogP contribution >= 0.6 is 11.8 Å². The summed E-state index contributed by atoms with van der Waals surface area (Å²) in [6, 6.07) is 3.35. The lowest BCUT2D eigenvalue weighted by molar-refractivity contribution is 0.0686. The second-order valence-electron chi connectivity index (χ2n) is 3.32. The van der Waals surface area contributed by atoms with Gasteiger partial charge in [-0.1, -0.05) is 5.16 Å². The van der Waals surface area contributed by atoms with Crippen LogP contribution in [0.5, 0.6) is 0 Å². The maximum Gasteiger partial charge on any atom is 0.358 e. The smallest absolute Gasteiger partial charge is 0.358 e. The Morgan fingerprint density at radius 2 is 2.17 bits per heavy atom. The van der Waals surface area contributed by atoms with Crippen molar-refractivity contribution >= 4 is 17.7 Å². The molecule has 0 aliphatic carbocycles. The normalized spacial score (nSPS) is 10.6. The Hall–Kier alpha value is -1.89. The summed E-state index contributed by atoms with van der Waals surface area (Å²) in [6.07, 6.45) is 1.54. The summed E-state index contributed by atoms with van der Waals surface area (Å²) in [6.45, 7) is 0. The van der Waals surface area contributed by atoms with Crippen LogP contribution in [0, 0.1) is 11.6 Å². The average molecular weight is 271 g/mol. The molecule has 1 aromatic carbocycles. The number of nitrogens with zero attached hydrogens (tertiary/aromatic N) is 1. The van der Waals surface area contributed by atoms with Gasteiger partial charge < -0.3 is 9.63 Å². The van der Waals surface area contributed by atoms with Crippen molar-refractivity contribution in [1.29, 1.82) is 0 Å². The van der Waals surface area contributed by atoms with Gasteiger partial charge in [0.05, 0.1) is 10.5 Å². The van der Waals surface area contributed by atoms with E-state index in [1.165, 1.54) is 12.3 Å². The monoisotopic (exact) mass is 271 g/mol. The van der Waals surface area contributed by atoms with Crippen molar-refractivity contribution in [3.63, 3.8) is 0 Å². The zero-order valence-corrected chi connectivity index (χ0v) is 9.92. The number of benzene rings is 1. The van der Waals surface area contributed by atoms with Crippen LogP contribution in [0.1, 0.15) is 10.5 Å². The van der Waals surface area contributed by atoms with E-state index < -0.39 is 17.6 Å². The highest BCUT2D eigenvalue weighted by Crippen LogP contribution is 2.31. The minimum Gasteiger partial charge on any atom is -0.476 e. The molecule has 94 valence electrons. The molecule has 0 atom stereocenters. The minimum absolute atomic E-state index is 0.0271. The van der Waals surface area contributed by atoms with Gasteiger partial charge in [-0.15, -0.1) is 11.8 Å². The van der Waals surface area contributed by atoms with Gasteiger partial charge in [0.15, 0.2) is 17.3 Å². The molecule has 1 aromatic heterocycles. The van der Waals surface area contributed by atoms with Crippen molar-refractivity contribution in [2.24, 2.45) is 0 Å². The molecular formula is C11H7F2NO3S. The van der Waals surface area contributed by atoms with E-state index in [2.05, 4.69) is 5.16 Å². The van der Waals surface area contributed by atoms with Crippen molar-refractivity contribution < 1.29 is 23.2 Å². The zero-order chi connectivity index (χ0) is 13.3. The van der Waals surface area contributed by atoms with Crippen LogP contribution < -0.4 is 0 Å². The van der Waals surface area contributed by atoms with Gasteiger partial charge in [0.25, 0.3) is 0 Å². The molecule has 0 amide bonds. The highest BCUT2D eigenvalue weighted by molar-refractivity contribution is 7.98. The van der Waals surface area contributed by atoms with Crippen molar-refractivity contribution in [2.75, 3.05) is 6.26 Å². The van der Waals surface area contributed by atoms with E-state index in [1.807, 2.05) is 0 Å². The predicted molar refractivity (Wildman–Crippen MR) is 60.6 cm³/mol. The molecule has 1 N–H and O–H groups in total. The average Bonchev–Trinajstić information content (AvgIpc) is 2.79. The molecule has 0 aliphatic rings. The minimum atomic E-state index is -1.28. The Labute approximate surface area is 105 Å². The molecule has 2 aromatic rings. The molecular weight excluding hydrogens is 264 g/mol. The van der Waals surface area contributed by atoms with E-state index >= 15 is 0 Å². The van der Waals surface area contributed by atoms with Crippen LogP contribution in [-0.4, -0.2) is 22.5 Å². The van der Waals surface area contributed by atoms with Crippen molar-refractivity contribution in [1.82, 2.24) is 5.16 Å². The Kier molecular flexibility index (Phi) is 3.33. The van der Waals surface area contributed by atoms with Gasteiger partial charge >= 0.3 is 5.97 Å². The molecule has 7 heteroatoms. The fraction of sp³-hybridized carbons (Fsp3) is 0.0909. The lowest BCUT2D eigenvalue weighted by atomic mass is 10.1. The number of carboxylic acids is 1. The summed E-state index contributed by atoms with van der Waals surface area (Å²) < 4.78 is 31.9. The second-order valence-corrected chi connectivity index (χ2v) is 4.14. The third-order valence-corrected chi connectivity index (χ3v) is 3.03. The topological polar surface area (TPSA) is 63.3 Å². The first-order valence-electron chi connectivity index (χ1n) is 4.77. The molecule has 18 heavy (non-hydrogen) atoms. The van der Waals surface area contributed by atoms with Gasteiger partial charge in [0.1, 0.15) is 5.82 Å². The van der Waals surface area contributed by atoms with Crippen molar-refractivity contribution in [3.8, 4) is 11.3 Å². The standard InChI is InChI=1S/C11H7F2NO3S/c1-18-10-6(12)3-2-5(9(10)13)8-4-7(11(15)16)14-17-8/h2-4H,1H3,(H,15,16). The van der Waals surface area contributed by atoms with Crippen LogP contribution in [0.4, 0.5) is 8.78 Å². The molecule has 0 spiro atoms. The summed E-state index contributed by atoms with van der Waals surface area (Å²) in [5.41, 5.74) is -0.361. The molecule has 0 aliphatic heterocycles. The first-order valence-corrected chi connectivity index (χ1v) is 5.99. The van der Waals surface area contributed by atoms with Crippen LogP contribution in [-0.2, 0) is 0 Å². The SMILES string of the molecule is CSc1c(F)ccc(-c2cc(C(=O)O)no2)c1F. The summed E-state index contributed by atoms with van der Waals surface area (Å²) in [7, 11) is 0. The largest absolute Gasteiger partial charge is 0.476 e. The third-order valence-electron chi connectivity index (χ3n) is 2.25. The van der Waals surface area contributed by atoms with Crippen molar-refractivity contribution in [3.05, 3.63) is 35.5 Å². The van der Waals surface area contributed by atoms with Gasteiger partial charge in [0, 0.05) is 6.07 Å². The summed E-state index contributed by atoms with van der Waals surface area (Å²) in [5.74, 6) is -2.81. The van der Waals surface area contributed by atoms with Crippen molar-refractivity contribution in [2.45, 2.75) is 4.90 Å². The van der Waals surface area contributed by atoms with Crippen LogP contribution in [0.15, 0.2) is 27.6 Å². The molecule has 0 saturated carbocycles. The van der Waals surface area contributed by atoms with Gasteiger partial charge in [-0.05, 0) is 18.4 Å². The molecule has 2 rings (SSSR count). The summed E-state index contributed by atoms with van der Waals surface area (Å²) in [4.78, 5) is 10.5. The molecule has 0 fully saturated rings. The first-order chi connectivity index (χ1) is 8.54. The van der Waals surface area contributed by atoms with Crippen LogP contribution in [0.3, 0.4) is 0 Å². The van der Waals surface area contributed by atoms with E-state index in [-0.39, 0.29) is 21.9 Å². The second kappa shape index (κ2) is 4.77. The van der Waals surface area contributed by atoms with Gasteiger partial charge in [0.2, 0.25) is 0 Å². The highest BCUT2D eigenvalue weighted by Gasteiger charge is 2.19. The molecule has 0 unspecified atom stereocenters. The fourth-order valence-electron chi connectivity index (χ4n) is 1.41. The Balaban J connectivity index is 2.53. The summed E-state index contributed by atoms with van der Waals surface area (Å²) in [5, 5.41) is 11.9. The number of aromatic carboxylic acids is 1. The molecule has 0 radical (unpaired) electrons. The number of rotatable bonds is 3. The number of halogens is 2. The lowest BCUT2D eigenvalue weighted by Gasteiger charge is -2.04. The highest BCUT2D eigenvalue weighted by atomic mass is 32.2. The number of hydrogen-bond acceptors (Lipinski definition) is 4. The zero-order valence-electron chi connectivity index (χ0n) is 9.11. The van der Waals surface area contributed by atoms with E-state index in [0.29, 0.717) is 0 Å². The molecule has 0 bridgehead atoms. The van der Waals surface area contributed by atoms with E-state index in [0.717, 1.165) is 23.9 Å². The third kappa shape index (κ3) is 2.08. The molecule has 1 heterocycles. The summed E-state index contributed by atoms with van der Waals surface area (Å²) >= 11 is 0.916. The first kappa shape index (κ1) is 12.6. The maximum atomic E-state index is 13.9. The van der Waals surface area contributed by atoms with E-state index in [1.54, 1.807) is 0 Å². The van der Waals surface area contributed by atoms with Gasteiger partial charge in [-0.3, -0.25) is 0 Å². The fourth-order valence-corrected chi connectivity index (χ4v) is 1.97. The number of aromatic nitrogens is 1. The lowest BCUT2D eigenvalue weighted by Crippen LogP contribution is -1.94. The molecule has 4 nitrogen and oxygen atoms in total. The van der Waals surface area contributed by atoms with Crippen LogP contribution in [0.25, 0.3) is 11.3 Å². The number of carbonyl (C=O) groups is 1. The quantitative estimate of drug-likeness (QED) is 0.869. The van der Waals surface area contributed by atoms with Gasteiger partial charge in [-0.25, -0.2) is 13.6 Å². The van der Waals surface area contributed by atoms with Gasteiger partial charge in [-0.2, -0.15) is 0 Å². The Morgan fingerprint density at radius 3 is 2.72 bits per heavy atom.